The van der Waals surface area contributed by atoms with Crippen LogP contribution in [0.4, 0.5) is 8.78 Å². The molecule has 0 amide bonds. The van der Waals surface area contributed by atoms with Gasteiger partial charge in [-0.2, -0.15) is 0 Å². The molecule has 0 unspecified atom stereocenters. The lowest BCUT2D eigenvalue weighted by Crippen LogP contribution is -2.01. The minimum Gasteiger partial charge on any atom is -0.330 e. The molecule has 0 saturated heterocycles. The molecule has 0 spiro atoms. The van der Waals surface area contributed by atoms with Gasteiger partial charge in [0.25, 0.3) is 0 Å². The molecule has 1 rings (SSSR count). The number of hydrogen-bond donors (Lipinski definition) is 1. The predicted molar refractivity (Wildman–Crippen MR) is 53.4 cm³/mol. The minimum atomic E-state index is -0.573. The molecule has 0 aliphatic heterocycles. The molecule has 0 bridgehead atoms. The maximum Gasteiger partial charge on any atom is 0.142 e. The summed E-state index contributed by atoms with van der Waals surface area (Å²) in [6.45, 7) is 0.550. The van der Waals surface area contributed by atoms with E-state index in [1.54, 1.807) is 0 Å². The Hall–Kier alpha value is -0.670. The lowest BCUT2D eigenvalue weighted by molar-refractivity contribution is 0.579. The third-order valence-corrected chi connectivity index (χ3v) is 2.43. The van der Waals surface area contributed by atoms with E-state index in [4.69, 9.17) is 17.3 Å². The van der Waals surface area contributed by atoms with Crippen LogP contribution in [0.5, 0.6) is 0 Å². The van der Waals surface area contributed by atoms with Crippen LogP contribution in [0.3, 0.4) is 0 Å². The predicted octanol–water partition coefficient (Wildman–Crippen LogP) is 2.90. The zero-order chi connectivity index (χ0) is 10.6. The second-order valence-corrected chi connectivity index (χ2v) is 3.45. The van der Waals surface area contributed by atoms with Gasteiger partial charge in [-0.15, -0.1) is 0 Å². The molecule has 14 heavy (non-hydrogen) atoms. The van der Waals surface area contributed by atoms with Crippen molar-refractivity contribution in [2.24, 2.45) is 5.73 Å². The van der Waals surface area contributed by atoms with E-state index in [0.29, 0.717) is 13.0 Å². The SMILES string of the molecule is NCCCCc1c(F)ccc(F)c1Cl. The highest BCUT2D eigenvalue weighted by Crippen LogP contribution is 2.24. The summed E-state index contributed by atoms with van der Waals surface area (Å²) >= 11 is 5.63. The summed E-state index contributed by atoms with van der Waals surface area (Å²) in [6.07, 6.45) is 1.93. The topological polar surface area (TPSA) is 26.0 Å². The quantitative estimate of drug-likeness (QED) is 0.612. The van der Waals surface area contributed by atoms with Crippen LogP contribution < -0.4 is 5.73 Å². The molecular formula is C10H12ClF2N. The van der Waals surface area contributed by atoms with Gasteiger partial charge in [-0.25, -0.2) is 8.78 Å². The van der Waals surface area contributed by atoms with E-state index in [-0.39, 0.29) is 10.6 Å². The number of halogens is 3. The lowest BCUT2D eigenvalue weighted by atomic mass is 10.1. The molecule has 4 heteroatoms. The highest BCUT2D eigenvalue weighted by Gasteiger charge is 2.10. The van der Waals surface area contributed by atoms with Gasteiger partial charge >= 0.3 is 0 Å². The van der Waals surface area contributed by atoms with E-state index in [2.05, 4.69) is 0 Å². The second-order valence-electron chi connectivity index (χ2n) is 3.07. The van der Waals surface area contributed by atoms with Crippen molar-refractivity contribution >= 4 is 11.6 Å². The third kappa shape index (κ3) is 2.66. The first-order valence-corrected chi connectivity index (χ1v) is 4.87. The van der Waals surface area contributed by atoms with Gasteiger partial charge in [-0.1, -0.05) is 11.6 Å². The van der Waals surface area contributed by atoms with Gasteiger partial charge in [0.15, 0.2) is 0 Å². The van der Waals surface area contributed by atoms with Crippen LogP contribution in [-0.2, 0) is 6.42 Å². The van der Waals surface area contributed by atoms with E-state index in [0.717, 1.165) is 25.0 Å². The highest BCUT2D eigenvalue weighted by atomic mass is 35.5. The Morgan fingerprint density at radius 2 is 1.79 bits per heavy atom. The summed E-state index contributed by atoms with van der Waals surface area (Å²) < 4.78 is 26.1. The Bertz CT molecular complexity index is 315. The summed E-state index contributed by atoms with van der Waals surface area (Å²) in [7, 11) is 0. The Morgan fingerprint density at radius 3 is 2.43 bits per heavy atom. The van der Waals surface area contributed by atoms with Gasteiger partial charge in [0.1, 0.15) is 11.6 Å². The van der Waals surface area contributed by atoms with Crippen LogP contribution in [0.15, 0.2) is 12.1 Å². The van der Waals surface area contributed by atoms with Crippen molar-refractivity contribution in [2.75, 3.05) is 6.54 Å². The van der Waals surface area contributed by atoms with Gasteiger partial charge in [-0.3, -0.25) is 0 Å². The Balaban J connectivity index is 2.79. The fourth-order valence-electron chi connectivity index (χ4n) is 1.24. The van der Waals surface area contributed by atoms with E-state index < -0.39 is 11.6 Å². The van der Waals surface area contributed by atoms with Crippen molar-refractivity contribution in [3.05, 3.63) is 34.4 Å². The number of hydrogen-bond acceptors (Lipinski definition) is 1. The smallest absolute Gasteiger partial charge is 0.142 e. The molecule has 1 aromatic rings. The molecule has 0 radical (unpaired) electrons. The van der Waals surface area contributed by atoms with Gasteiger partial charge in [0.2, 0.25) is 0 Å². The van der Waals surface area contributed by atoms with Gasteiger partial charge < -0.3 is 5.73 Å². The van der Waals surface area contributed by atoms with Crippen LogP contribution >= 0.6 is 11.6 Å². The van der Waals surface area contributed by atoms with Crippen molar-refractivity contribution in [2.45, 2.75) is 19.3 Å². The molecule has 0 heterocycles. The van der Waals surface area contributed by atoms with E-state index in [1.165, 1.54) is 0 Å². The van der Waals surface area contributed by atoms with Crippen molar-refractivity contribution in [1.82, 2.24) is 0 Å². The van der Waals surface area contributed by atoms with Gasteiger partial charge in [0.05, 0.1) is 5.02 Å². The number of unbranched alkanes of at least 4 members (excludes halogenated alkanes) is 1. The van der Waals surface area contributed by atoms with E-state index >= 15 is 0 Å². The molecule has 0 atom stereocenters. The van der Waals surface area contributed by atoms with Crippen molar-refractivity contribution in [3.63, 3.8) is 0 Å². The molecule has 2 N–H and O–H groups in total. The van der Waals surface area contributed by atoms with Crippen LogP contribution in [0.2, 0.25) is 5.02 Å². The van der Waals surface area contributed by atoms with Crippen molar-refractivity contribution in [3.8, 4) is 0 Å². The Kier molecular flexibility index (Phi) is 4.29. The maximum absolute atomic E-state index is 13.2. The maximum atomic E-state index is 13.2. The number of nitrogens with two attached hydrogens (primary N) is 1. The van der Waals surface area contributed by atoms with Gasteiger partial charge in [-0.05, 0) is 37.9 Å². The zero-order valence-corrected chi connectivity index (χ0v) is 8.45. The van der Waals surface area contributed by atoms with Crippen LogP contribution in [0, 0.1) is 11.6 Å². The summed E-state index contributed by atoms with van der Waals surface area (Å²) in [5.41, 5.74) is 5.55. The molecule has 0 fully saturated rings. The molecule has 1 nitrogen and oxygen atoms in total. The van der Waals surface area contributed by atoms with E-state index in [9.17, 15) is 8.78 Å². The summed E-state index contributed by atoms with van der Waals surface area (Å²) in [4.78, 5) is 0. The monoisotopic (exact) mass is 219 g/mol. The fraction of sp³-hybridized carbons (Fsp3) is 0.400. The standard InChI is InChI=1S/C10H12ClF2N/c11-10-7(3-1-2-6-14)8(12)4-5-9(10)13/h4-5H,1-3,6,14H2. The Labute approximate surface area is 86.9 Å². The first-order chi connectivity index (χ1) is 6.66. The summed E-state index contributed by atoms with van der Waals surface area (Å²) in [6, 6.07) is 2.13. The van der Waals surface area contributed by atoms with Crippen LogP contribution in [0.1, 0.15) is 18.4 Å². The first kappa shape index (κ1) is 11.4. The summed E-state index contributed by atoms with van der Waals surface area (Å²) in [5.74, 6) is -1.02. The first-order valence-electron chi connectivity index (χ1n) is 4.49. The molecular weight excluding hydrogens is 208 g/mol. The number of rotatable bonds is 4. The van der Waals surface area contributed by atoms with E-state index in [1.807, 2.05) is 0 Å². The largest absolute Gasteiger partial charge is 0.330 e. The van der Waals surface area contributed by atoms with Crippen LogP contribution in [-0.4, -0.2) is 6.54 Å². The molecule has 1 aromatic carbocycles. The summed E-state index contributed by atoms with van der Waals surface area (Å²) in [5, 5.41) is -0.109. The van der Waals surface area contributed by atoms with Gasteiger partial charge in [0, 0.05) is 5.56 Å². The van der Waals surface area contributed by atoms with Crippen LogP contribution in [0.25, 0.3) is 0 Å². The average Bonchev–Trinajstić information content (AvgIpc) is 2.18. The second kappa shape index (κ2) is 5.27. The minimum absolute atomic E-state index is 0.109. The van der Waals surface area contributed by atoms with Crippen molar-refractivity contribution in [1.29, 1.82) is 0 Å². The zero-order valence-electron chi connectivity index (χ0n) is 7.69. The lowest BCUT2D eigenvalue weighted by Gasteiger charge is -2.05. The Morgan fingerprint density at radius 1 is 1.14 bits per heavy atom. The third-order valence-electron chi connectivity index (χ3n) is 2.02. The normalized spacial score (nSPS) is 10.6. The number of benzene rings is 1. The molecule has 78 valence electrons. The average molecular weight is 220 g/mol. The molecule has 0 aliphatic rings. The molecule has 0 saturated carbocycles. The molecule has 0 aromatic heterocycles. The van der Waals surface area contributed by atoms with Crippen molar-refractivity contribution < 1.29 is 8.78 Å². The fourth-order valence-corrected chi connectivity index (χ4v) is 1.49. The highest BCUT2D eigenvalue weighted by molar-refractivity contribution is 6.31. The molecule has 0 aliphatic carbocycles.